The molecule has 1 unspecified atom stereocenters. The quantitative estimate of drug-likeness (QED) is 0.266. The number of fused-ring (bicyclic) bond motifs is 1. The van der Waals surface area contributed by atoms with Gasteiger partial charge in [0, 0.05) is 42.7 Å². The Morgan fingerprint density at radius 1 is 1.18 bits per heavy atom. The van der Waals surface area contributed by atoms with Gasteiger partial charge >= 0.3 is 0 Å². The Balaban J connectivity index is 1.39. The third-order valence-corrected chi connectivity index (χ3v) is 6.63. The van der Waals surface area contributed by atoms with Crippen molar-refractivity contribution in [2.75, 3.05) is 25.5 Å². The minimum absolute atomic E-state index is 0.0558. The summed E-state index contributed by atoms with van der Waals surface area (Å²) in [6.07, 6.45) is 3.27. The Morgan fingerprint density at radius 3 is 2.68 bits per heavy atom. The highest BCUT2D eigenvalue weighted by Crippen LogP contribution is 2.30. The second kappa shape index (κ2) is 11.0. The van der Waals surface area contributed by atoms with Gasteiger partial charge in [-0.25, -0.2) is 4.98 Å². The Labute approximate surface area is 213 Å². The molecule has 0 aliphatic carbocycles. The molecule has 1 N–H and O–H groups in total. The second-order valence-corrected chi connectivity index (χ2v) is 9.63. The van der Waals surface area contributed by atoms with Crippen molar-refractivity contribution < 1.29 is 4.79 Å². The molecule has 6 nitrogen and oxygen atoms in total. The summed E-state index contributed by atoms with van der Waals surface area (Å²) in [7, 11) is 1.87. The lowest BCUT2D eigenvalue weighted by Crippen LogP contribution is -2.34. The minimum Gasteiger partial charge on any atom is -0.370 e. The SMILES string of the molecule is CC(Cc1ccccc1)C(=O)N(C)CCCNc1cc(-c2ccccc2Cl)nc2c(Br)cnn12. The number of nitrogens with zero attached hydrogens (tertiary/aromatic N) is 4. The monoisotopic (exact) mass is 539 g/mol. The van der Waals surface area contributed by atoms with E-state index in [1.165, 1.54) is 5.56 Å². The first-order chi connectivity index (χ1) is 16.4. The van der Waals surface area contributed by atoms with Crippen LogP contribution in [-0.2, 0) is 11.2 Å². The van der Waals surface area contributed by atoms with Crippen LogP contribution in [0.1, 0.15) is 18.9 Å². The fourth-order valence-corrected chi connectivity index (χ4v) is 4.52. The molecule has 1 amide bonds. The maximum absolute atomic E-state index is 12.8. The van der Waals surface area contributed by atoms with Crippen molar-refractivity contribution in [1.29, 1.82) is 0 Å². The average Bonchev–Trinajstić information content (AvgIpc) is 3.22. The number of benzene rings is 2. The third kappa shape index (κ3) is 5.59. The summed E-state index contributed by atoms with van der Waals surface area (Å²) in [6, 6.07) is 19.7. The van der Waals surface area contributed by atoms with Gasteiger partial charge in [-0.3, -0.25) is 4.79 Å². The molecular weight excluding hydrogens is 514 g/mol. The third-order valence-electron chi connectivity index (χ3n) is 5.74. The fraction of sp³-hybridized carbons (Fsp3) is 0.269. The normalized spacial score (nSPS) is 12.0. The summed E-state index contributed by atoms with van der Waals surface area (Å²) < 4.78 is 2.57. The number of anilines is 1. The van der Waals surface area contributed by atoms with Crippen molar-refractivity contribution in [2.45, 2.75) is 19.8 Å². The van der Waals surface area contributed by atoms with Crippen molar-refractivity contribution in [3.8, 4) is 11.3 Å². The highest BCUT2D eigenvalue weighted by atomic mass is 79.9. The lowest BCUT2D eigenvalue weighted by atomic mass is 10.00. The molecule has 176 valence electrons. The molecule has 0 fully saturated rings. The summed E-state index contributed by atoms with van der Waals surface area (Å²) >= 11 is 9.94. The molecule has 34 heavy (non-hydrogen) atoms. The molecule has 0 spiro atoms. The van der Waals surface area contributed by atoms with Crippen molar-refractivity contribution in [3.63, 3.8) is 0 Å². The van der Waals surface area contributed by atoms with E-state index in [1.807, 2.05) is 67.4 Å². The number of amides is 1. The number of aromatic nitrogens is 3. The molecule has 2 aromatic carbocycles. The standard InChI is InChI=1S/C26H27BrClN5O/c1-18(15-19-9-4-3-5-10-19)26(34)32(2)14-8-13-29-24-16-23(20-11-6-7-12-22(20)28)31-25-21(27)17-30-33(24)25/h3-7,9-12,16-18,29H,8,13-15H2,1-2H3. The Bertz CT molecular complexity index is 1280. The van der Waals surface area contributed by atoms with Crippen LogP contribution >= 0.6 is 27.5 Å². The van der Waals surface area contributed by atoms with Crippen LogP contribution in [0.3, 0.4) is 0 Å². The van der Waals surface area contributed by atoms with Crippen LogP contribution in [0.15, 0.2) is 71.3 Å². The van der Waals surface area contributed by atoms with E-state index in [2.05, 4.69) is 38.5 Å². The molecule has 0 aliphatic heterocycles. The molecular formula is C26H27BrClN5O. The van der Waals surface area contributed by atoms with Crippen LogP contribution in [0.25, 0.3) is 16.9 Å². The van der Waals surface area contributed by atoms with Crippen molar-refractivity contribution in [3.05, 3.63) is 81.9 Å². The predicted molar refractivity (Wildman–Crippen MR) is 141 cm³/mol. The molecule has 0 radical (unpaired) electrons. The fourth-order valence-electron chi connectivity index (χ4n) is 3.94. The van der Waals surface area contributed by atoms with Gasteiger partial charge < -0.3 is 10.2 Å². The highest BCUT2D eigenvalue weighted by Gasteiger charge is 2.18. The Kier molecular flexibility index (Phi) is 7.85. The van der Waals surface area contributed by atoms with Gasteiger partial charge in [0.2, 0.25) is 5.91 Å². The largest absolute Gasteiger partial charge is 0.370 e. The summed E-state index contributed by atoms with van der Waals surface area (Å²) in [5.74, 6) is 0.920. The van der Waals surface area contributed by atoms with E-state index < -0.39 is 0 Å². The van der Waals surface area contributed by atoms with Crippen LogP contribution in [0.4, 0.5) is 5.82 Å². The average molecular weight is 541 g/mol. The van der Waals surface area contributed by atoms with Gasteiger partial charge in [-0.1, -0.05) is 67.1 Å². The van der Waals surface area contributed by atoms with E-state index in [4.69, 9.17) is 16.6 Å². The number of hydrogen-bond donors (Lipinski definition) is 1. The van der Waals surface area contributed by atoms with Gasteiger partial charge in [0.25, 0.3) is 0 Å². The lowest BCUT2D eigenvalue weighted by Gasteiger charge is -2.22. The summed E-state index contributed by atoms with van der Waals surface area (Å²) in [5, 5.41) is 8.52. The number of rotatable bonds is 9. The van der Waals surface area contributed by atoms with Crippen LogP contribution in [0.5, 0.6) is 0 Å². The highest BCUT2D eigenvalue weighted by molar-refractivity contribution is 9.10. The molecule has 4 aromatic rings. The molecule has 0 saturated carbocycles. The van der Waals surface area contributed by atoms with Crippen LogP contribution in [0, 0.1) is 5.92 Å². The smallest absolute Gasteiger partial charge is 0.225 e. The predicted octanol–water partition coefficient (Wildman–Crippen LogP) is 5.95. The topological polar surface area (TPSA) is 62.5 Å². The zero-order valence-electron chi connectivity index (χ0n) is 19.2. The van der Waals surface area contributed by atoms with E-state index >= 15 is 0 Å². The summed E-state index contributed by atoms with van der Waals surface area (Å²) in [4.78, 5) is 19.3. The van der Waals surface area contributed by atoms with Crippen molar-refractivity contribution in [2.24, 2.45) is 5.92 Å². The van der Waals surface area contributed by atoms with Gasteiger partial charge in [-0.2, -0.15) is 9.61 Å². The molecule has 0 bridgehead atoms. The first kappa shape index (κ1) is 24.2. The van der Waals surface area contributed by atoms with Crippen LogP contribution in [0.2, 0.25) is 5.02 Å². The van der Waals surface area contributed by atoms with E-state index in [1.54, 1.807) is 10.7 Å². The van der Waals surface area contributed by atoms with Gasteiger partial charge in [-0.15, -0.1) is 0 Å². The zero-order chi connectivity index (χ0) is 24.1. The Hall–Kier alpha value is -2.90. The molecule has 0 aliphatic rings. The summed E-state index contributed by atoms with van der Waals surface area (Å²) in [5.41, 5.74) is 3.52. The molecule has 1 atom stereocenters. The molecule has 8 heteroatoms. The van der Waals surface area contributed by atoms with Crippen molar-refractivity contribution >= 4 is 44.9 Å². The van der Waals surface area contributed by atoms with E-state index in [0.29, 0.717) is 23.8 Å². The van der Waals surface area contributed by atoms with E-state index in [9.17, 15) is 4.79 Å². The molecule has 4 rings (SSSR count). The maximum atomic E-state index is 12.8. The van der Waals surface area contributed by atoms with Gasteiger partial charge in [-0.05, 0) is 40.4 Å². The second-order valence-electron chi connectivity index (χ2n) is 8.37. The number of hydrogen-bond acceptors (Lipinski definition) is 4. The minimum atomic E-state index is -0.0558. The van der Waals surface area contributed by atoms with Gasteiger partial charge in [0.1, 0.15) is 5.82 Å². The number of carbonyl (C=O) groups is 1. The number of carbonyl (C=O) groups excluding carboxylic acids is 1. The molecule has 2 aromatic heterocycles. The number of nitrogens with one attached hydrogen (secondary N) is 1. The summed E-state index contributed by atoms with van der Waals surface area (Å²) in [6.45, 7) is 3.34. The van der Waals surface area contributed by atoms with Crippen LogP contribution in [-0.4, -0.2) is 45.5 Å². The first-order valence-corrected chi connectivity index (χ1v) is 12.4. The van der Waals surface area contributed by atoms with E-state index in [0.717, 1.165) is 34.4 Å². The lowest BCUT2D eigenvalue weighted by molar-refractivity contribution is -0.133. The van der Waals surface area contributed by atoms with Gasteiger partial charge in [0.15, 0.2) is 5.65 Å². The van der Waals surface area contributed by atoms with E-state index in [-0.39, 0.29) is 11.8 Å². The van der Waals surface area contributed by atoms with Gasteiger partial charge in [0.05, 0.1) is 16.4 Å². The maximum Gasteiger partial charge on any atom is 0.225 e. The first-order valence-electron chi connectivity index (χ1n) is 11.3. The van der Waals surface area contributed by atoms with Crippen LogP contribution < -0.4 is 5.32 Å². The number of halogens is 2. The zero-order valence-corrected chi connectivity index (χ0v) is 21.6. The van der Waals surface area contributed by atoms with Crippen molar-refractivity contribution in [1.82, 2.24) is 19.5 Å². The Morgan fingerprint density at radius 2 is 1.91 bits per heavy atom. The molecule has 0 saturated heterocycles. The molecule has 2 heterocycles.